The molecule has 0 bridgehead atoms. The summed E-state index contributed by atoms with van der Waals surface area (Å²) in [6.07, 6.45) is 4.19. The van der Waals surface area contributed by atoms with E-state index in [9.17, 15) is 13.2 Å². The van der Waals surface area contributed by atoms with E-state index >= 15 is 0 Å². The maximum atomic E-state index is 12.0. The van der Waals surface area contributed by atoms with Gasteiger partial charge in [-0.3, -0.25) is 4.79 Å². The molecule has 0 saturated heterocycles. The normalized spacial score (nSPS) is 11.7. The number of hydrogen-bond donors (Lipinski definition) is 1. The van der Waals surface area contributed by atoms with Crippen LogP contribution in [-0.4, -0.2) is 38.0 Å². The van der Waals surface area contributed by atoms with Gasteiger partial charge in [-0.25, -0.2) is 12.7 Å². The maximum Gasteiger partial charge on any atom is 0.225 e. The number of carbonyl (C=O) groups is 1. The molecule has 0 atom stereocenters. The molecule has 130 valence electrons. The maximum absolute atomic E-state index is 12.0. The number of sulfonamides is 1. The predicted molar refractivity (Wildman–Crippen MR) is 95.1 cm³/mol. The van der Waals surface area contributed by atoms with Gasteiger partial charge in [0, 0.05) is 25.2 Å². The second-order valence-corrected chi connectivity index (χ2v) is 7.95. The standard InChI is InChI=1S/C17H28N2O3S/c1-5-6-7-11-19(23(4,21)22)12-10-17(20)18-16-9-8-14(2)15(3)13-16/h8-9,13H,5-7,10-12H2,1-4H3,(H,18,20). The van der Waals surface area contributed by atoms with E-state index in [1.165, 1.54) is 16.1 Å². The van der Waals surface area contributed by atoms with Crippen molar-refractivity contribution in [2.24, 2.45) is 0 Å². The second kappa shape index (κ2) is 9.03. The number of anilines is 1. The molecule has 0 saturated carbocycles. The van der Waals surface area contributed by atoms with Gasteiger partial charge < -0.3 is 5.32 Å². The molecule has 0 aliphatic rings. The molecule has 1 N–H and O–H groups in total. The van der Waals surface area contributed by atoms with Crippen molar-refractivity contribution >= 4 is 21.6 Å². The Kier molecular flexibility index (Phi) is 7.72. The van der Waals surface area contributed by atoms with E-state index in [2.05, 4.69) is 12.2 Å². The molecule has 0 spiro atoms. The van der Waals surface area contributed by atoms with Crippen molar-refractivity contribution in [2.45, 2.75) is 46.5 Å². The Morgan fingerprint density at radius 1 is 1.13 bits per heavy atom. The quantitative estimate of drug-likeness (QED) is 0.703. The van der Waals surface area contributed by atoms with Crippen molar-refractivity contribution in [3.63, 3.8) is 0 Å². The van der Waals surface area contributed by atoms with Crippen LogP contribution < -0.4 is 5.32 Å². The molecule has 1 aromatic rings. The fourth-order valence-electron chi connectivity index (χ4n) is 2.25. The molecule has 23 heavy (non-hydrogen) atoms. The molecule has 6 heteroatoms. The molecular formula is C17H28N2O3S. The fourth-order valence-corrected chi connectivity index (χ4v) is 3.13. The lowest BCUT2D eigenvalue weighted by molar-refractivity contribution is -0.116. The fraction of sp³-hybridized carbons (Fsp3) is 0.588. The Labute approximate surface area is 140 Å². The highest BCUT2D eigenvalue weighted by atomic mass is 32.2. The lowest BCUT2D eigenvalue weighted by Crippen LogP contribution is -2.33. The van der Waals surface area contributed by atoms with Gasteiger partial charge >= 0.3 is 0 Å². The smallest absolute Gasteiger partial charge is 0.225 e. The van der Waals surface area contributed by atoms with Crippen LogP contribution in [0.3, 0.4) is 0 Å². The Bertz CT molecular complexity index is 627. The molecular weight excluding hydrogens is 312 g/mol. The first kappa shape index (κ1) is 19.6. The van der Waals surface area contributed by atoms with Crippen LogP contribution in [0.25, 0.3) is 0 Å². The van der Waals surface area contributed by atoms with E-state index in [0.29, 0.717) is 6.54 Å². The summed E-state index contributed by atoms with van der Waals surface area (Å²) in [5.41, 5.74) is 3.03. The average molecular weight is 340 g/mol. The van der Waals surface area contributed by atoms with Crippen LogP contribution in [0, 0.1) is 13.8 Å². The number of carbonyl (C=O) groups excluding carboxylic acids is 1. The molecule has 0 aliphatic carbocycles. The van der Waals surface area contributed by atoms with Gasteiger partial charge in [-0.2, -0.15) is 0 Å². The number of rotatable bonds is 9. The number of nitrogens with zero attached hydrogens (tertiary/aromatic N) is 1. The third-order valence-corrected chi connectivity index (χ3v) is 5.16. The van der Waals surface area contributed by atoms with Gasteiger partial charge in [0.05, 0.1) is 6.26 Å². The average Bonchev–Trinajstić information content (AvgIpc) is 2.45. The number of nitrogens with one attached hydrogen (secondary N) is 1. The SMILES string of the molecule is CCCCCN(CCC(=O)Nc1ccc(C)c(C)c1)S(C)(=O)=O. The summed E-state index contributed by atoms with van der Waals surface area (Å²) in [6, 6.07) is 5.73. The van der Waals surface area contributed by atoms with Crippen molar-refractivity contribution in [1.82, 2.24) is 4.31 Å². The van der Waals surface area contributed by atoms with E-state index < -0.39 is 10.0 Å². The monoisotopic (exact) mass is 340 g/mol. The molecule has 1 rings (SSSR count). The Morgan fingerprint density at radius 3 is 2.39 bits per heavy atom. The highest BCUT2D eigenvalue weighted by molar-refractivity contribution is 7.88. The van der Waals surface area contributed by atoms with Crippen molar-refractivity contribution in [3.8, 4) is 0 Å². The molecule has 1 aromatic carbocycles. The molecule has 0 radical (unpaired) electrons. The molecule has 0 aliphatic heterocycles. The first-order valence-corrected chi connectivity index (χ1v) is 9.91. The number of hydrogen-bond acceptors (Lipinski definition) is 3. The van der Waals surface area contributed by atoms with Gasteiger partial charge in [0.1, 0.15) is 0 Å². The summed E-state index contributed by atoms with van der Waals surface area (Å²) in [4.78, 5) is 12.0. The summed E-state index contributed by atoms with van der Waals surface area (Å²) >= 11 is 0. The van der Waals surface area contributed by atoms with Crippen LogP contribution in [0.2, 0.25) is 0 Å². The molecule has 0 heterocycles. The zero-order chi connectivity index (χ0) is 17.5. The Balaban J connectivity index is 2.55. The minimum Gasteiger partial charge on any atom is -0.326 e. The van der Waals surface area contributed by atoms with Crippen molar-refractivity contribution in [3.05, 3.63) is 29.3 Å². The van der Waals surface area contributed by atoms with Gasteiger partial charge in [0.15, 0.2) is 0 Å². The first-order chi connectivity index (χ1) is 10.7. The summed E-state index contributed by atoms with van der Waals surface area (Å²) in [7, 11) is -3.27. The van der Waals surface area contributed by atoms with Crippen LogP contribution in [0.1, 0.15) is 43.7 Å². The van der Waals surface area contributed by atoms with Gasteiger partial charge in [0.2, 0.25) is 15.9 Å². The van der Waals surface area contributed by atoms with Gasteiger partial charge in [-0.1, -0.05) is 25.8 Å². The molecule has 5 nitrogen and oxygen atoms in total. The molecule has 0 fully saturated rings. The van der Waals surface area contributed by atoms with Crippen molar-refractivity contribution in [1.29, 1.82) is 0 Å². The number of benzene rings is 1. The number of aryl methyl sites for hydroxylation is 2. The van der Waals surface area contributed by atoms with E-state index in [0.717, 1.165) is 30.5 Å². The van der Waals surface area contributed by atoms with Gasteiger partial charge in [-0.05, 0) is 43.5 Å². The van der Waals surface area contributed by atoms with Crippen molar-refractivity contribution in [2.75, 3.05) is 24.7 Å². The van der Waals surface area contributed by atoms with Crippen LogP contribution in [0.15, 0.2) is 18.2 Å². The van der Waals surface area contributed by atoms with Crippen molar-refractivity contribution < 1.29 is 13.2 Å². The summed E-state index contributed by atoms with van der Waals surface area (Å²) < 4.78 is 24.9. The number of amides is 1. The van der Waals surface area contributed by atoms with Crippen LogP contribution >= 0.6 is 0 Å². The van der Waals surface area contributed by atoms with Gasteiger partial charge in [-0.15, -0.1) is 0 Å². The third kappa shape index (κ3) is 7.14. The van der Waals surface area contributed by atoms with E-state index in [1.807, 2.05) is 32.0 Å². The lowest BCUT2D eigenvalue weighted by atomic mass is 10.1. The van der Waals surface area contributed by atoms with E-state index in [4.69, 9.17) is 0 Å². The summed E-state index contributed by atoms with van der Waals surface area (Å²) in [6.45, 7) is 6.77. The zero-order valence-corrected chi connectivity index (χ0v) is 15.4. The number of unbranched alkanes of at least 4 members (excludes halogenated alkanes) is 2. The van der Waals surface area contributed by atoms with E-state index in [1.54, 1.807) is 0 Å². The second-order valence-electron chi connectivity index (χ2n) is 5.97. The van der Waals surface area contributed by atoms with E-state index in [-0.39, 0.29) is 18.9 Å². The molecule has 1 amide bonds. The third-order valence-electron chi connectivity index (χ3n) is 3.86. The minimum absolute atomic E-state index is 0.159. The van der Waals surface area contributed by atoms with Gasteiger partial charge in [0.25, 0.3) is 0 Å². The van der Waals surface area contributed by atoms with Crippen LogP contribution in [0.5, 0.6) is 0 Å². The highest BCUT2D eigenvalue weighted by Gasteiger charge is 2.17. The highest BCUT2D eigenvalue weighted by Crippen LogP contribution is 2.14. The minimum atomic E-state index is -3.27. The Hall–Kier alpha value is -1.40. The lowest BCUT2D eigenvalue weighted by Gasteiger charge is -2.19. The topological polar surface area (TPSA) is 66.5 Å². The summed E-state index contributed by atoms with van der Waals surface area (Å²) in [5, 5.41) is 2.82. The van der Waals surface area contributed by atoms with Crippen LogP contribution in [0.4, 0.5) is 5.69 Å². The predicted octanol–water partition coefficient (Wildman–Crippen LogP) is 3.08. The largest absolute Gasteiger partial charge is 0.326 e. The molecule has 0 aromatic heterocycles. The Morgan fingerprint density at radius 2 is 1.83 bits per heavy atom. The van der Waals surface area contributed by atoms with Crippen LogP contribution in [-0.2, 0) is 14.8 Å². The summed E-state index contributed by atoms with van der Waals surface area (Å²) in [5.74, 6) is -0.169. The zero-order valence-electron chi connectivity index (χ0n) is 14.6. The first-order valence-electron chi connectivity index (χ1n) is 8.06. The molecule has 0 unspecified atom stereocenters.